The van der Waals surface area contributed by atoms with Crippen LogP contribution in [0.1, 0.15) is 181 Å². The lowest BCUT2D eigenvalue weighted by atomic mass is 9.82. The first-order valence-electron chi connectivity index (χ1n) is 38.3. The minimum absolute atomic E-state index is 0.00152. The summed E-state index contributed by atoms with van der Waals surface area (Å²) < 4.78 is 0. The van der Waals surface area contributed by atoms with Crippen molar-refractivity contribution in [1.82, 2.24) is 74.1 Å². The Labute approximate surface area is 651 Å². The molecule has 2 saturated carbocycles. The number of thioether (sulfide) groups is 2. The molecular formula is C75H117N15O18S2. The standard InChI is InChI=1S/C75H117N15O18S2/c1-8-11-51-65(99)82-53(23-24-60(96)97)66(100)83-54(32-43-15-19-49(93)20-16-43)68(102)81-52(12-9-2)67(101)89-62(42(4)92)73(107)87-58(64(76)98)39-110-38-47-14-10-13-46(31-47)37-109-30-27-59(95)88-63(75(5,6)7)74(108)86-56(33-44-17-21-50(94)22-18-44)70(104)84-57(35-48-36-78-40-79-48)71(105)90-61(41(3)91)72(106)85-55(69(103)80-51)34-45-25-28-77-29-26-45/h10,13-14,25-26,28-29,31,41-44,48-58,61-63,78-79,91-94H,8-9,11-12,15-24,27,30,32-40H2,1-7H3,(H2,76,98)(H,80,103)(H,81,102)(H,82,99)(H,83,100)(H,84,104)(H,85,106)(H,86,108)(H,87,107)(H,88,95)(H,89,101)(H,90,105)(H,96,97)/t41-,42-,43?,44?,48?,49?,50?,51+,52+,53+,54+,55+,56+,57+,58+,61+,62+,63-/m1/s1. The van der Waals surface area contributed by atoms with Gasteiger partial charge in [-0.15, -0.1) is 0 Å². The van der Waals surface area contributed by atoms with Crippen molar-refractivity contribution in [1.29, 1.82) is 0 Å². The molecule has 0 spiro atoms. The first-order valence-corrected chi connectivity index (χ1v) is 40.7. The molecule has 35 heteroatoms. The molecule has 33 nitrogen and oxygen atoms in total. The van der Waals surface area contributed by atoms with E-state index < -0.39 is 192 Å². The lowest BCUT2D eigenvalue weighted by molar-refractivity contribution is -0.139. The number of carbonyl (C=O) groups is 13. The number of aliphatic hydroxyl groups is 4. The third-order valence-electron chi connectivity index (χ3n) is 20.1. The number of nitrogens with one attached hydrogen (secondary N) is 13. The molecule has 0 radical (unpaired) electrons. The Kier molecular flexibility index (Phi) is 37.5. The maximum Gasteiger partial charge on any atom is 0.303 e. The van der Waals surface area contributed by atoms with Crippen molar-refractivity contribution in [3.05, 3.63) is 65.5 Å². The second kappa shape index (κ2) is 45.4. The molecular weight excluding hydrogens is 1460 g/mol. The highest BCUT2D eigenvalue weighted by atomic mass is 32.2. The van der Waals surface area contributed by atoms with Gasteiger partial charge in [-0.25, -0.2) is 0 Å². The van der Waals surface area contributed by atoms with Gasteiger partial charge in [0.25, 0.3) is 0 Å². The SMILES string of the molecule is CCC[C@@H]1NC(=O)[C@H](Cc2ccncc2)NC(=O)[C@H]([C@@H](C)O)NC(=O)[C@H](CC2CNCN2)NC(=O)[C@H](CC2CCC(O)CC2)NC(=O)[C@H](C(C)(C)C)NC(=O)CCSCc2cccc(c2)CSC[C@@H](C(N)=O)NC(=O)[C@H]([C@@H](C)O)NC(=O)[C@H](CCC)NC(=O)[C@H](CC2CCC(O)CC2)NC(=O)[C@H](CCC(=O)O)NC1=O. The van der Waals surface area contributed by atoms with Crippen LogP contribution in [0.5, 0.6) is 0 Å². The fourth-order valence-corrected chi connectivity index (χ4v) is 15.6. The van der Waals surface area contributed by atoms with Gasteiger partial charge in [0.15, 0.2) is 0 Å². The summed E-state index contributed by atoms with van der Waals surface area (Å²) in [6, 6.07) is -6.09. The van der Waals surface area contributed by atoms with Gasteiger partial charge in [-0.2, -0.15) is 23.5 Å². The number of primary amides is 1. The first kappa shape index (κ1) is 90.8. The highest BCUT2D eigenvalue weighted by Gasteiger charge is 2.42. The molecule has 1 unspecified atom stereocenters. The van der Waals surface area contributed by atoms with Crippen LogP contribution in [0.2, 0.25) is 0 Å². The number of nitrogens with zero attached hydrogens (tertiary/aromatic N) is 1. The van der Waals surface area contributed by atoms with E-state index in [0.29, 0.717) is 87.4 Å². The number of amides is 12. The molecule has 2 bridgehead atoms. The molecule has 2 aromatic rings. The van der Waals surface area contributed by atoms with Gasteiger partial charge >= 0.3 is 5.97 Å². The predicted octanol–water partition coefficient (Wildman–Crippen LogP) is -0.923. The molecule has 1 aromatic carbocycles. The number of hydrogen-bond donors (Lipinski definition) is 19. The topological polar surface area (TPSA) is 518 Å². The molecule has 12 amide bonds. The minimum atomic E-state index is -1.81. The Morgan fingerprint density at radius 2 is 0.982 bits per heavy atom. The van der Waals surface area contributed by atoms with Gasteiger partial charge in [-0.05, 0) is 150 Å². The largest absolute Gasteiger partial charge is 0.481 e. The molecule has 14 atom stereocenters. The monoisotopic (exact) mass is 1580 g/mol. The Balaban J connectivity index is 1.36. The molecule has 4 aliphatic rings. The summed E-state index contributed by atoms with van der Waals surface area (Å²) in [5.74, 6) is -11.3. The van der Waals surface area contributed by atoms with Crippen LogP contribution in [0.15, 0.2) is 48.8 Å². The van der Waals surface area contributed by atoms with E-state index in [1.807, 2.05) is 24.3 Å². The van der Waals surface area contributed by atoms with Crippen molar-refractivity contribution in [2.75, 3.05) is 24.7 Å². The Morgan fingerprint density at radius 1 is 0.545 bits per heavy atom. The van der Waals surface area contributed by atoms with Crippen LogP contribution in [0.25, 0.3) is 0 Å². The van der Waals surface area contributed by atoms with E-state index in [-0.39, 0.29) is 75.4 Å². The number of fused-ring (bicyclic) bond motifs is 2. The Hall–Kier alpha value is -8.06. The molecule has 2 aliphatic carbocycles. The average Bonchev–Trinajstić information content (AvgIpc) is 1.33. The van der Waals surface area contributed by atoms with Crippen molar-refractivity contribution in [3.63, 3.8) is 0 Å². The maximum absolute atomic E-state index is 15.0. The smallest absolute Gasteiger partial charge is 0.303 e. The van der Waals surface area contributed by atoms with E-state index in [2.05, 4.69) is 74.1 Å². The lowest BCUT2D eigenvalue weighted by Gasteiger charge is -2.34. The summed E-state index contributed by atoms with van der Waals surface area (Å²) in [4.78, 5) is 190. The van der Waals surface area contributed by atoms with E-state index in [4.69, 9.17) is 5.73 Å². The number of rotatable bonds is 18. The third-order valence-corrected chi connectivity index (χ3v) is 22.3. The number of carbonyl (C=O) groups excluding carboxylic acids is 12. The quantitative estimate of drug-likeness (QED) is 0.0858. The number of carboxylic acids is 1. The molecule has 1 aromatic heterocycles. The van der Waals surface area contributed by atoms with Gasteiger partial charge in [0.2, 0.25) is 70.9 Å². The fraction of sp³-hybridized carbons (Fsp3) is 0.680. The Morgan fingerprint density at radius 3 is 1.45 bits per heavy atom. The van der Waals surface area contributed by atoms with Crippen LogP contribution < -0.4 is 74.9 Å². The molecule has 6 rings (SSSR count). The predicted molar refractivity (Wildman–Crippen MR) is 411 cm³/mol. The molecule has 110 heavy (non-hydrogen) atoms. The summed E-state index contributed by atoms with van der Waals surface area (Å²) in [5.41, 5.74) is 7.10. The van der Waals surface area contributed by atoms with E-state index in [9.17, 15) is 87.9 Å². The summed E-state index contributed by atoms with van der Waals surface area (Å²) in [6.45, 7) is 11.8. The maximum atomic E-state index is 15.0. The average molecular weight is 1580 g/mol. The van der Waals surface area contributed by atoms with Crippen LogP contribution in [-0.4, -0.2) is 229 Å². The highest BCUT2D eigenvalue weighted by Crippen LogP contribution is 2.31. The van der Waals surface area contributed by atoms with Gasteiger partial charge < -0.3 is 100 Å². The minimum Gasteiger partial charge on any atom is -0.481 e. The van der Waals surface area contributed by atoms with E-state index in [1.165, 1.54) is 49.8 Å². The molecule has 2 aliphatic heterocycles. The fourth-order valence-electron chi connectivity index (χ4n) is 13.7. The second-order valence-corrected chi connectivity index (χ2v) is 32.6. The summed E-state index contributed by atoms with van der Waals surface area (Å²) >= 11 is 2.73. The van der Waals surface area contributed by atoms with Crippen molar-refractivity contribution in [2.45, 2.75) is 279 Å². The van der Waals surface area contributed by atoms with Crippen LogP contribution in [0.3, 0.4) is 0 Å². The lowest BCUT2D eigenvalue weighted by Crippen LogP contribution is -2.63. The van der Waals surface area contributed by atoms with Gasteiger partial charge in [0.05, 0.1) is 24.4 Å². The summed E-state index contributed by atoms with van der Waals surface area (Å²) in [5, 5.41) is 88.9. The highest BCUT2D eigenvalue weighted by molar-refractivity contribution is 7.98. The molecule has 1 saturated heterocycles. The molecule has 612 valence electrons. The van der Waals surface area contributed by atoms with Crippen LogP contribution >= 0.6 is 23.5 Å². The molecule has 20 N–H and O–H groups in total. The van der Waals surface area contributed by atoms with Crippen molar-refractivity contribution in [3.8, 4) is 0 Å². The second-order valence-electron chi connectivity index (χ2n) is 30.5. The molecule has 3 fully saturated rings. The van der Waals surface area contributed by atoms with Crippen molar-refractivity contribution in [2.24, 2.45) is 23.0 Å². The Bertz CT molecular complexity index is 3410. The number of carboxylic acid groups (broad SMARTS) is 1. The zero-order valence-corrected chi connectivity index (χ0v) is 65.7. The van der Waals surface area contributed by atoms with E-state index >= 15 is 0 Å². The number of nitrogens with two attached hydrogens (primary N) is 1. The molecule has 3 heterocycles. The van der Waals surface area contributed by atoms with Gasteiger partial charge in [0.1, 0.15) is 66.5 Å². The van der Waals surface area contributed by atoms with Crippen molar-refractivity contribution >= 4 is 100 Å². The van der Waals surface area contributed by atoms with Crippen molar-refractivity contribution < 1.29 is 87.9 Å². The summed E-state index contributed by atoms with van der Waals surface area (Å²) in [6.07, 6.45) is 0.822. The zero-order valence-electron chi connectivity index (χ0n) is 64.1. The van der Waals surface area contributed by atoms with E-state index in [1.54, 1.807) is 46.8 Å². The van der Waals surface area contributed by atoms with E-state index in [0.717, 1.165) is 11.1 Å². The summed E-state index contributed by atoms with van der Waals surface area (Å²) in [7, 11) is 0. The normalized spacial score (nSPS) is 29.6. The number of aliphatic hydroxyl groups excluding tert-OH is 4. The van der Waals surface area contributed by atoms with Crippen LogP contribution in [-0.2, 0) is 80.3 Å². The number of hydrogen-bond acceptors (Lipinski definition) is 22. The van der Waals surface area contributed by atoms with Crippen LogP contribution in [0.4, 0.5) is 0 Å². The third kappa shape index (κ3) is 30.6. The number of benzene rings is 1. The van der Waals surface area contributed by atoms with Gasteiger partial charge in [-0.1, -0.05) is 71.7 Å². The number of pyridine rings is 1. The zero-order chi connectivity index (χ0) is 80.8. The number of aromatic nitrogens is 1. The van der Waals surface area contributed by atoms with Gasteiger partial charge in [-0.3, -0.25) is 67.3 Å². The van der Waals surface area contributed by atoms with Crippen LogP contribution in [0, 0.1) is 17.3 Å². The number of aliphatic carboxylic acids is 1. The van der Waals surface area contributed by atoms with Gasteiger partial charge in [0, 0.05) is 73.9 Å². The first-order chi connectivity index (χ1) is 52.2.